The van der Waals surface area contributed by atoms with Crippen LogP contribution < -0.4 is 10.8 Å². The maximum absolute atomic E-state index is 12.4. The predicted octanol–water partition coefficient (Wildman–Crippen LogP) is 1.71. The Morgan fingerprint density at radius 2 is 2.09 bits per heavy atom. The highest BCUT2D eigenvalue weighted by atomic mass is 16.5. The smallest absolute Gasteiger partial charge is 0.267 e. The van der Waals surface area contributed by atoms with Crippen LogP contribution in [0.15, 0.2) is 30.3 Å². The van der Waals surface area contributed by atoms with Gasteiger partial charge in [-0.05, 0) is 37.0 Å². The predicted molar refractivity (Wildman–Crippen MR) is 80.0 cm³/mol. The van der Waals surface area contributed by atoms with E-state index in [1.54, 1.807) is 18.2 Å². The summed E-state index contributed by atoms with van der Waals surface area (Å²) in [5.74, 6) is -0.765. The van der Waals surface area contributed by atoms with Gasteiger partial charge in [-0.15, -0.1) is 0 Å². The lowest BCUT2D eigenvalue weighted by atomic mass is 9.88. The second-order valence-corrected chi connectivity index (χ2v) is 5.60. The number of para-hydroxylation sites is 1. The number of carbonyl (C=O) groups is 2. The molecule has 1 aromatic carbocycles. The van der Waals surface area contributed by atoms with Crippen molar-refractivity contribution >= 4 is 23.6 Å². The fourth-order valence-corrected chi connectivity index (χ4v) is 3.10. The number of rotatable bonds is 4. The highest BCUT2D eigenvalue weighted by Crippen LogP contribution is 2.39. The van der Waals surface area contributed by atoms with E-state index in [1.165, 1.54) is 11.6 Å². The van der Waals surface area contributed by atoms with Gasteiger partial charge in [-0.25, -0.2) is 5.48 Å². The molecule has 1 aromatic rings. The number of anilines is 1. The van der Waals surface area contributed by atoms with Crippen LogP contribution in [-0.4, -0.2) is 29.2 Å². The molecular weight excluding hydrogens is 284 g/mol. The monoisotopic (exact) mass is 302 g/mol. The maximum Gasteiger partial charge on any atom is 0.267 e. The van der Waals surface area contributed by atoms with Crippen molar-refractivity contribution in [2.45, 2.75) is 31.5 Å². The van der Waals surface area contributed by atoms with E-state index in [-0.39, 0.29) is 24.0 Å². The zero-order chi connectivity index (χ0) is 15.5. The van der Waals surface area contributed by atoms with Crippen LogP contribution in [0.5, 0.6) is 0 Å². The average Bonchev–Trinajstić information content (AvgIpc) is 3.16. The first-order valence-electron chi connectivity index (χ1n) is 7.35. The molecule has 0 aliphatic carbocycles. The molecule has 0 radical (unpaired) electrons. The van der Waals surface area contributed by atoms with E-state index in [0.717, 1.165) is 19.3 Å². The van der Waals surface area contributed by atoms with E-state index in [2.05, 4.69) is 5.32 Å². The molecule has 2 aliphatic heterocycles. The van der Waals surface area contributed by atoms with Crippen molar-refractivity contribution in [1.29, 1.82) is 0 Å². The van der Waals surface area contributed by atoms with E-state index < -0.39 is 5.91 Å². The van der Waals surface area contributed by atoms with Crippen LogP contribution in [0.25, 0.3) is 6.08 Å². The number of amides is 2. The lowest BCUT2D eigenvalue weighted by Gasteiger charge is -2.18. The molecule has 3 N–H and O–H groups in total. The average molecular weight is 302 g/mol. The van der Waals surface area contributed by atoms with Crippen LogP contribution in [-0.2, 0) is 14.3 Å². The SMILES string of the molecule is O=C(C=Cc1ccccc1NC(=O)[C@@H]1C[C@H]2CC[C@@H]1O2)NO. The van der Waals surface area contributed by atoms with Crippen molar-refractivity contribution in [3.05, 3.63) is 35.9 Å². The minimum atomic E-state index is -0.623. The minimum absolute atomic E-state index is 0.0351. The molecule has 2 amide bonds. The molecule has 2 saturated heterocycles. The Morgan fingerprint density at radius 1 is 1.27 bits per heavy atom. The molecule has 3 atom stereocenters. The number of carbonyl (C=O) groups excluding carboxylic acids is 2. The van der Waals surface area contributed by atoms with Crippen molar-refractivity contribution in [3.63, 3.8) is 0 Å². The first-order chi connectivity index (χ1) is 10.7. The van der Waals surface area contributed by atoms with Crippen LogP contribution in [0.3, 0.4) is 0 Å². The number of ether oxygens (including phenoxy) is 1. The van der Waals surface area contributed by atoms with Crippen molar-refractivity contribution in [3.8, 4) is 0 Å². The number of hydroxylamine groups is 1. The molecule has 116 valence electrons. The summed E-state index contributed by atoms with van der Waals surface area (Å²) in [6.45, 7) is 0. The van der Waals surface area contributed by atoms with Crippen LogP contribution in [0, 0.1) is 5.92 Å². The molecule has 0 spiro atoms. The Balaban J connectivity index is 1.71. The number of hydrogen-bond acceptors (Lipinski definition) is 4. The summed E-state index contributed by atoms with van der Waals surface area (Å²) in [4.78, 5) is 23.5. The van der Waals surface area contributed by atoms with Gasteiger partial charge in [0.15, 0.2) is 0 Å². The van der Waals surface area contributed by atoms with Gasteiger partial charge in [0.1, 0.15) is 0 Å². The molecule has 0 saturated carbocycles. The largest absolute Gasteiger partial charge is 0.374 e. The van der Waals surface area contributed by atoms with Crippen LogP contribution >= 0.6 is 0 Å². The van der Waals surface area contributed by atoms with Crippen LogP contribution in [0.1, 0.15) is 24.8 Å². The number of benzene rings is 1. The van der Waals surface area contributed by atoms with Gasteiger partial charge in [-0.3, -0.25) is 14.8 Å². The van der Waals surface area contributed by atoms with Gasteiger partial charge in [0.05, 0.1) is 18.1 Å². The fourth-order valence-electron chi connectivity index (χ4n) is 3.10. The number of fused-ring (bicyclic) bond motifs is 2. The molecule has 2 heterocycles. The van der Waals surface area contributed by atoms with Gasteiger partial charge in [-0.2, -0.15) is 0 Å². The van der Waals surface area contributed by atoms with E-state index in [1.807, 2.05) is 12.1 Å². The Hall–Kier alpha value is -2.18. The first-order valence-corrected chi connectivity index (χ1v) is 7.35. The lowest BCUT2D eigenvalue weighted by molar-refractivity contribution is -0.124. The van der Waals surface area contributed by atoms with Crippen molar-refractivity contribution in [1.82, 2.24) is 5.48 Å². The van der Waals surface area contributed by atoms with Crippen molar-refractivity contribution in [2.24, 2.45) is 5.92 Å². The van der Waals surface area contributed by atoms with E-state index in [9.17, 15) is 9.59 Å². The molecule has 6 nitrogen and oxygen atoms in total. The molecular formula is C16H18N2O4. The zero-order valence-electron chi connectivity index (χ0n) is 12.0. The van der Waals surface area contributed by atoms with Gasteiger partial charge >= 0.3 is 0 Å². The third-order valence-electron chi connectivity index (χ3n) is 4.19. The summed E-state index contributed by atoms with van der Waals surface area (Å²) in [6, 6.07) is 7.19. The second kappa shape index (κ2) is 6.29. The third kappa shape index (κ3) is 3.03. The van der Waals surface area contributed by atoms with Crippen LogP contribution in [0.2, 0.25) is 0 Å². The molecule has 2 aliphatic rings. The van der Waals surface area contributed by atoms with E-state index in [0.29, 0.717) is 11.3 Å². The number of nitrogens with one attached hydrogen (secondary N) is 2. The molecule has 2 fully saturated rings. The summed E-state index contributed by atoms with van der Waals surface area (Å²) in [6.07, 6.45) is 5.77. The zero-order valence-corrected chi connectivity index (χ0v) is 12.0. The van der Waals surface area contributed by atoms with Gasteiger partial charge in [0, 0.05) is 11.8 Å². The van der Waals surface area contributed by atoms with Gasteiger partial charge in [-0.1, -0.05) is 18.2 Å². The molecule has 2 bridgehead atoms. The summed E-state index contributed by atoms with van der Waals surface area (Å²) in [7, 11) is 0. The molecule has 0 aromatic heterocycles. The van der Waals surface area contributed by atoms with Gasteiger partial charge < -0.3 is 10.1 Å². The Kier molecular flexibility index (Phi) is 4.22. The highest BCUT2D eigenvalue weighted by molar-refractivity contribution is 5.97. The third-order valence-corrected chi connectivity index (χ3v) is 4.19. The Morgan fingerprint density at radius 3 is 2.77 bits per heavy atom. The fraction of sp³-hybridized carbons (Fsp3) is 0.375. The Labute approximate surface area is 128 Å². The summed E-state index contributed by atoms with van der Waals surface area (Å²) in [5.41, 5.74) is 2.86. The quantitative estimate of drug-likeness (QED) is 0.449. The maximum atomic E-state index is 12.4. The lowest BCUT2D eigenvalue weighted by Crippen LogP contribution is -2.30. The highest BCUT2D eigenvalue weighted by Gasteiger charge is 2.44. The van der Waals surface area contributed by atoms with E-state index >= 15 is 0 Å². The Bertz CT molecular complexity index is 614. The summed E-state index contributed by atoms with van der Waals surface area (Å²) < 4.78 is 5.71. The second-order valence-electron chi connectivity index (χ2n) is 5.60. The van der Waals surface area contributed by atoms with Gasteiger partial charge in [0.2, 0.25) is 5.91 Å². The van der Waals surface area contributed by atoms with E-state index in [4.69, 9.17) is 9.94 Å². The van der Waals surface area contributed by atoms with Crippen LogP contribution in [0.4, 0.5) is 5.69 Å². The standard InChI is InChI=1S/C16H18N2O4/c19-15(18-21)8-5-10-3-1-2-4-13(10)17-16(20)12-9-11-6-7-14(12)22-11/h1-5,8,11-12,14,21H,6-7,9H2,(H,17,20)(H,18,19)/t11-,12-,14+/m1/s1. The topological polar surface area (TPSA) is 87.7 Å². The van der Waals surface area contributed by atoms with Crippen molar-refractivity contribution < 1.29 is 19.5 Å². The van der Waals surface area contributed by atoms with Crippen molar-refractivity contribution in [2.75, 3.05) is 5.32 Å². The molecule has 6 heteroatoms. The van der Waals surface area contributed by atoms with Gasteiger partial charge in [0.25, 0.3) is 5.91 Å². The molecule has 22 heavy (non-hydrogen) atoms. The molecule has 3 rings (SSSR count). The minimum Gasteiger partial charge on any atom is -0.374 e. The number of hydrogen-bond donors (Lipinski definition) is 3. The summed E-state index contributed by atoms with van der Waals surface area (Å²) in [5, 5.41) is 11.4. The summed E-state index contributed by atoms with van der Waals surface area (Å²) >= 11 is 0. The normalized spacial score (nSPS) is 26.3. The molecule has 0 unspecified atom stereocenters. The first kappa shape index (κ1) is 14.7.